The van der Waals surface area contributed by atoms with Gasteiger partial charge in [0.05, 0.1) is 29.0 Å². The largest absolute Gasteiger partial charge is 0.426 e. The molecule has 176 valence electrons. The van der Waals surface area contributed by atoms with Gasteiger partial charge in [0.15, 0.2) is 0 Å². The van der Waals surface area contributed by atoms with Crippen LogP contribution in [-0.2, 0) is 19.6 Å². The number of hydrogen-bond donors (Lipinski definition) is 0. The van der Waals surface area contributed by atoms with Gasteiger partial charge in [0.25, 0.3) is 5.69 Å². The van der Waals surface area contributed by atoms with Crippen molar-refractivity contribution in [3.63, 3.8) is 0 Å². The molecule has 0 unspecified atom stereocenters. The number of piperidine rings is 1. The van der Waals surface area contributed by atoms with E-state index in [2.05, 4.69) is 0 Å². The molecule has 0 aliphatic carbocycles. The summed E-state index contributed by atoms with van der Waals surface area (Å²) in [5.74, 6) is -0.138. The third kappa shape index (κ3) is 5.15. The summed E-state index contributed by atoms with van der Waals surface area (Å²) >= 11 is 0. The molecule has 0 atom stereocenters. The molecule has 4 rings (SSSR count). The zero-order valence-electron chi connectivity index (χ0n) is 18.0. The Kier molecular flexibility index (Phi) is 6.91. The number of para-hydroxylation sites is 1. The van der Waals surface area contributed by atoms with Gasteiger partial charge < -0.3 is 14.4 Å². The number of nitro benzene ring substituents is 1. The molecule has 0 amide bonds. The predicted molar refractivity (Wildman–Crippen MR) is 120 cm³/mol. The fourth-order valence-corrected chi connectivity index (χ4v) is 5.49. The monoisotopic (exact) mass is 475 g/mol. The van der Waals surface area contributed by atoms with Crippen LogP contribution in [0.5, 0.6) is 5.75 Å². The highest BCUT2D eigenvalue weighted by Gasteiger charge is 2.32. The van der Waals surface area contributed by atoms with Crippen LogP contribution in [0.25, 0.3) is 0 Å². The van der Waals surface area contributed by atoms with E-state index in [4.69, 9.17) is 9.47 Å². The van der Waals surface area contributed by atoms with Gasteiger partial charge in [0.2, 0.25) is 10.0 Å². The first-order valence-corrected chi connectivity index (χ1v) is 12.2. The number of hydrogen-bond acceptors (Lipinski definition) is 8. The summed E-state index contributed by atoms with van der Waals surface area (Å²) in [5, 5.41) is 11.8. The van der Waals surface area contributed by atoms with E-state index in [-0.39, 0.29) is 35.6 Å². The molecule has 2 aromatic carbocycles. The summed E-state index contributed by atoms with van der Waals surface area (Å²) in [5.41, 5.74) is 0.0745. The Hall–Kier alpha value is -3.02. The van der Waals surface area contributed by atoms with Crippen LogP contribution in [0.4, 0.5) is 11.4 Å². The van der Waals surface area contributed by atoms with E-state index in [0.29, 0.717) is 50.6 Å². The van der Waals surface area contributed by atoms with Crippen LogP contribution < -0.4 is 9.64 Å². The zero-order valence-corrected chi connectivity index (χ0v) is 18.8. The predicted octanol–water partition coefficient (Wildman–Crippen LogP) is 2.44. The molecule has 0 N–H and O–H groups in total. The maximum atomic E-state index is 12.9. The smallest absolute Gasteiger partial charge is 0.314 e. The Bertz CT molecular complexity index is 1110. The number of esters is 1. The topological polar surface area (TPSA) is 119 Å². The van der Waals surface area contributed by atoms with E-state index in [1.807, 2.05) is 11.0 Å². The lowest BCUT2D eigenvalue weighted by Gasteiger charge is -2.32. The molecule has 2 fully saturated rings. The second-order valence-electron chi connectivity index (χ2n) is 7.92. The van der Waals surface area contributed by atoms with Crippen LogP contribution >= 0.6 is 0 Å². The summed E-state index contributed by atoms with van der Waals surface area (Å²) in [7, 11) is -3.85. The van der Waals surface area contributed by atoms with Crippen molar-refractivity contribution in [2.45, 2.75) is 17.7 Å². The van der Waals surface area contributed by atoms with Crippen molar-refractivity contribution in [3.8, 4) is 5.75 Å². The first-order chi connectivity index (χ1) is 15.9. The number of ether oxygens (including phenoxy) is 2. The molecular formula is C22H25N3O7S. The summed E-state index contributed by atoms with van der Waals surface area (Å²) in [6.07, 6.45) is 0.966. The average Bonchev–Trinajstić information content (AvgIpc) is 2.85. The highest BCUT2D eigenvalue weighted by molar-refractivity contribution is 7.89. The average molecular weight is 476 g/mol. The second-order valence-corrected chi connectivity index (χ2v) is 9.86. The van der Waals surface area contributed by atoms with Gasteiger partial charge in [-0.15, -0.1) is 0 Å². The second kappa shape index (κ2) is 9.86. The van der Waals surface area contributed by atoms with E-state index < -0.39 is 14.9 Å². The fourth-order valence-electron chi connectivity index (χ4n) is 4.06. The zero-order chi connectivity index (χ0) is 23.4. The van der Waals surface area contributed by atoms with E-state index in [0.717, 1.165) is 6.07 Å². The SMILES string of the molecule is O=C(Oc1ccccc1)C1CCN(c2ccc(S(=O)(=O)N3CCOCC3)cc2[N+](=O)[O-])CC1. The molecule has 0 radical (unpaired) electrons. The minimum absolute atomic E-state index is 0.110. The van der Waals surface area contributed by atoms with Crippen molar-refractivity contribution < 1.29 is 27.6 Å². The van der Waals surface area contributed by atoms with E-state index >= 15 is 0 Å². The van der Waals surface area contributed by atoms with Gasteiger partial charge in [0, 0.05) is 32.2 Å². The van der Waals surface area contributed by atoms with Crippen LogP contribution in [0, 0.1) is 16.0 Å². The molecular weight excluding hydrogens is 450 g/mol. The van der Waals surface area contributed by atoms with Gasteiger partial charge in [-0.1, -0.05) is 18.2 Å². The molecule has 0 saturated carbocycles. The minimum atomic E-state index is -3.85. The lowest BCUT2D eigenvalue weighted by molar-refractivity contribution is -0.384. The standard InChI is InChI=1S/C22H25N3O7S/c26-22(32-18-4-2-1-3-5-18)17-8-10-23(11-9-17)20-7-6-19(16-21(20)25(27)28)33(29,30)24-12-14-31-15-13-24/h1-7,16-17H,8-15H2. The Morgan fingerprint density at radius 3 is 2.33 bits per heavy atom. The van der Waals surface area contributed by atoms with Crippen LogP contribution in [-0.4, -0.2) is 63.0 Å². The van der Waals surface area contributed by atoms with Gasteiger partial charge in [-0.3, -0.25) is 14.9 Å². The molecule has 11 heteroatoms. The number of carbonyl (C=O) groups excluding carboxylic acids is 1. The van der Waals surface area contributed by atoms with Crippen LogP contribution in [0.15, 0.2) is 53.4 Å². The molecule has 2 aliphatic rings. The number of nitro groups is 1. The third-order valence-corrected chi connectivity index (χ3v) is 7.78. The molecule has 2 aliphatic heterocycles. The Balaban J connectivity index is 1.47. The van der Waals surface area contributed by atoms with E-state index in [1.165, 1.54) is 16.4 Å². The first kappa shape index (κ1) is 23.1. The molecule has 10 nitrogen and oxygen atoms in total. The van der Waals surface area contributed by atoms with Crippen LogP contribution in [0.1, 0.15) is 12.8 Å². The normalized spacial score (nSPS) is 18.1. The number of morpholine rings is 1. The van der Waals surface area contributed by atoms with Crippen molar-refractivity contribution >= 4 is 27.4 Å². The van der Waals surface area contributed by atoms with Gasteiger partial charge in [0.1, 0.15) is 11.4 Å². The number of rotatable bonds is 6. The Morgan fingerprint density at radius 1 is 1.03 bits per heavy atom. The lowest BCUT2D eigenvalue weighted by Crippen LogP contribution is -2.40. The summed E-state index contributed by atoms with van der Waals surface area (Å²) < 4.78 is 37.7. The molecule has 33 heavy (non-hydrogen) atoms. The highest BCUT2D eigenvalue weighted by Crippen LogP contribution is 2.34. The van der Waals surface area contributed by atoms with E-state index in [1.54, 1.807) is 24.3 Å². The number of nitrogens with zero attached hydrogens (tertiary/aromatic N) is 3. The molecule has 2 heterocycles. The molecule has 0 bridgehead atoms. The molecule has 2 saturated heterocycles. The van der Waals surface area contributed by atoms with Gasteiger partial charge in [-0.2, -0.15) is 4.31 Å². The van der Waals surface area contributed by atoms with Crippen molar-refractivity contribution in [2.75, 3.05) is 44.3 Å². The molecule has 0 spiro atoms. The summed E-state index contributed by atoms with van der Waals surface area (Å²) in [6.45, 7) is 1.85. The maximum Gasteiger partial charge on any atom is 0.314 e. The van der Waals surface area contributed by atoms with Gasteiger partial charge in [-0.05, 0) is 37.1 Å². The van der Waals surface area contributed by atoms with Crippen molar-refractivity contribution in [2.24, 2.45) is 5.92 Å². The number of carbonyl (C=O) groups is 1. The maximum absolute atomic E-state index is 12.9. The highest BCUT2D eigenvalue weighted by atomic mass is 32.2. The summed E-state index contributed by atoms with van der Waals surface area (Å²) in [4.78, 5) is 25.4. The van der Waals surface area contributed by atoms with Crippen molar-refractivity contribution in [3.05, 3.63) is 58.6 Å². The van der Waals surface area contributed by atoms with Crippen LogP contribution in [0.2, 0.25) is 0 Å². The number of benzene rings is 2. The minimum Gasteiger partial charge on any atom is -0.426 e. The van der Waals surface area contributed by atoms with E-state index in [9.17, 15) is 23.3 Å². The molecule has 0 aromatic heterocycles. The molecule has 2 aromatic rings. The van der Waals surface area contributed by atoms with Gasteiger partial charge >= 0.3 is 5.97 Å². The van der Waals surface area contributed by atoms with Crippen molar-refractivity contribution in [1.29, 1.82) is 0 Å². The Morgan fingerprint density at radius 2 is 1.70 bits per heavy atom. The van der Waals surface area contributed by atoms with Crippen molar-refractivity contribution in [1.82, 2.24) is 4.31 Å². The Labute approximate surface area is 191 Å². The first-order valence-electron chi connectivity index (χ1n) is 10.7. The fraction of sp³-hybridized carbons (Fsp3) is 0.409. The number of sulfonamides is 1. The van der Waals surface area contributed by atoms with Gasteiger partial charge in [-0.25, -0.2) is 8.42 Å². The van der Waals surface area contributed by atoms with Crippen LogP contribution in [0.3, 0.4) is 0 Å². The number of anilines is 1. The quantitative estimate of drug-likeness (QED) is 0.270. The summed E-state index contributed by atoms with van der Waals surface area (Å²) in [6, 6.07) is 12.8. The third-order valence-electron chi connectivity index (χ3n) is 5.88. The lowest BCUT2D eigenvalue weighted by atomic mass is 9.96.